The number of carbonyl (C=O) groups is 3. The molecule has 2 aliphatic rings. The standard InChI is InChI=1S/C21H28FN3O4/c1-21(2,3)29-20(28)24-16-7-6-15(22)12-17(16)23-18(26)13-8-10-25(11-9-13)19(27)14-4-5-14/h6-7,12-14H,4-5,8-11H2,1-3H3,(H,23,26)(H,24,28). The molecule has 158 valence electrons. The summed E-state index contributed by atoms with van der Waals surface area (Å²) in [7, 11) is 0. The molecule has 2 N–H and O–H groups in total. The lowest BCUT2D eigenvalue weighted by Crippen LogP contribution is -2.42. The van der Waals surface area contributed by atoms with E-state index in [-0.39, 0.29) is 35.0 Å². The van der Waals surface area contributed by atoms with Crippen LogP contribution >= 0.6 is 0 Å². The highest BCUT2D eigenvalue weighted by Crippen LogP contribution is 2.33. The van der Waals surface area contributed by atoms with Gasteiger partial charge in [-0.1, -0.05) is 0 Å². The molecule has 0 radical (unpaired) electrons. The van der Waals surface area contributed by atoms with Crippen LogP contribution < -0.4 is 10.6 Å². The number of ether oxygens (including phenoxy) is 1. The van der Waals surface area contributed by atoms with Crippen LogP contribution in [0.3, 0.4) is 0 Å². The minimum absolute atomic E-state index is 0.175. The summed E-state index contributed by atoms with van der Waals surface area (Å²) in [6.07, 6.45) is 2.37. The summed E-state index contributed by atoms with van der Waals surface area (Å²) < 4.78 is 18.9. The van der Waals surface area contributed by atoms with E-state index in [1.807, 2.05) is 4.90 Å². The number of nitrogens with one attached hydrogen (secondary N) is 2. The molecule has 8 heteroatoms. The second-order valence-electron chi connectivity index (χ2n) is 8.68. The van der Waals surface area contributed by atoms with E-state index in [0.29, 0.717) is 25.9 Å². The first kappa shape index (κ1) is 21.1. The first-order chi connectivity index (χ1) is 13.6. The Morgan fingerprint density at radius 1 is 1.00 bits per heavy atom. The fourth-order valence-electron chi connectivity index (χ4n) is 3.33. The van der Waals surface area contributed by atoms with Crippen molar-refractivity contribution in [2.75, 3.05) is 23.7 Å². The molecule has 1 saturated carbocycles. The molecule has 3 amide bonds. The lowest BCUT2D eigenvalue weighted by molar-refractivity contribution is -0.135. The lowest BCUT2D eigenvalue weighted by atomic mass is 9.95. The summed E-state index contributed by atoms with van der Waals surface area (Å²) in [5, 5.41) is 5.26. The monoisotopic (exact) mass is 405 g/mol. The predicted octanol–water partition coefficient (Wildman–Crippen LogP) is 3.76. The number of piperidine rings is 1. The average molecular weight is 405 g/mol. The van der Waals surface area contributed by atoms with Gasteiger partial charge in [-0.3, -0.25) is 14.9 Å². The lowest BCUT2D eigenvalue weighted by Gasteiger charge is -2.31. The fourth-order valence-corrected chi connectivity index (χ4v) is 3.33. The second kappa shape index (κ2) is 8.39. The topological polar surface area (TPSA) is 87.7 Å². The van der Waals surface area contributed by atoms with Crippen molar-refractivity contribution in [3.63, 3.8) is 0 Å². The third kappa shape index (κ3) is 5.92. The summed E-state index contributed by atoms with van der Waals surface area (Å²) in [6, 6.07) is 3.74. The van der Waals surface area contributed by atoms with Gasteiger partial charge in [-0.25, -0.2) is 9.18 Å². The maximum Gasteiger partial charge on any atom is 0.412 e. The number of anilines is 2. The Morgan fingerprint density at radius 3 is 2.24 bits per heavy atom. The van der Waals surface area contributed by atoms with E-state index < -0.39 is 17.5 Å². The van der Waals surface area contributed by atoms with Crippen molar-refractivity contribution in [1.82, 2.24) is 4.90 Å². The van der Waals surface area contributed by atoms with Gasteiger partial charge in [-0.15, -0.1) is 0 Å². The van der Waals surface area contributed by atoms with Gasteiger partial charge in [0.2, 0.25) is 11.8 Å². The second-order valence-corrected chi connectivity index (χ2v) is 8.68. The molecule has 0 spiro atoms. The van der Waals surface area contributed by atoms with Crippen LogP contribution in [0.4, 0.5) is 20.6 Å². The van der Waals surface area contributed by atoms with Crippen molar-refractivity contribution in [2.24, 2.45) is 11.8 Å². The van der Waals surface area contributed by atoms with E-state index in [4.69, 9.17) is 4.74 Å². The molecule has 29 heavy (non-hydrogen) atoms. The highest BCUT2D eigenvalue weighted by molar-refractivity contribution is 5.99. The zero-order valence-corrected chi connectivity index (χ0v) is 17.1. The van der Waals surface area contributed by atoms with Gasteiger partial charge in [0.1, 0.15) is 11.4 Å². The van der Waals surface area contributed by atoms with Gasteiger partial charge in [-0.05, 0) is 64.7 Å². The van der Waals surface area contributed by atoms with E-state index in [1.54, 1.807) is 20.8 Å². The Hall–Kier alpha value is -2.64. The SMILES string of the molecule is CC(C)(C)OC(=O)Nc1ccc(F)cc1NC(=O)C1CCN(C(=O)C2CC2)CC1. The molecule has 3 rings (SSSR count). The minimum atomic E-state index is -0.688. The molecule has 1 saturated heterocycles. The number of rotatable bonds is 4. The Morgan fingerprint density at radius 2 is 1.66 bits per heavy atom. The number of nitrogens with zero attached hydrogens (tertiary/aromatic N) is 1. The van der Waals surface area contributed by atoms with Crippen LogP contribution in [-0.2, 0) is 14.3 Å². The highest BCUT2D eigenvalue weighted by atomic mass is 19.1. The Bertz CT molecular complexity index is 794. The first-order valence-electron chi connectivity index (χ1n) is 10.0. The minimum Gasteiger partial charge on any atom is -0.444 e. The quantitative estimate of drug-likeness (QED) is 0.798. The number of likely N-dealkylation sites (tertiary alicyclic amines) is 1. The number of amides is 3. The van der Waals surface area contributed by atoms with Gasteiger partial charge in [-0.2, -0.15) is 0 Å². The van der Waals surface area contributed by atoms with Crippen LogP contribution in [0, 0.1) is 17.7 Å². The number of hydrogen-bond donors (Lipinski definition) is 2. The molecule has 0 atom stereocenters. The van der Waals surface area contributed by atoms with Crippen molar-refractivity contribution < 1.29 is 23.5 Å². The summed E-state index contributed by atoms with van der Waals surface area (Å²) in [5.41, 5.74) is -0.243. The van der Waals surface area contributed by atoms with E-state index in [0.717, 1.165) is 18.9 Å². The largest absolute Gasteiger partial charge is 0.444 e. The van der Waals surface area contributed by atoms with Crippen LogP contribution in [0.25, 0.3) is 0 Å². The van der Waals surface area contributed by atoms with Crippen molar-refractivity contribution in [2.45, 2.75) is 52.1 Å². The van der Waals surface area contributed by atoms with Crippen LogP contribution in [0.15, 0.2) is 18.2 Å². The zero-order valence-electron chi connectivity index (χ0n) is 17.1. The van der Waals surface area contributed by atoms with Crippen molar-refractivity contribution in [3.8, 4) is 0 Å². The first-order valence-corrected chi connectivity index (χ1v) is 10.0. The molecule has 1 heterocycles. The molecule has 1 aromatic carbocycles. The van der Waals surface area contributed by atoms with Gasteiger partial charge in [0.05, 0.1) is 11.4 Å². The fraction of sp³-hybridized carbons (Fsp3) is 0.571. The zero-order chi connectivity index (χ0) is 21.2. The van der Waals surface area contributed by atoms with Gasteiger partial charge in [0.15, 0.2) is 0 Å². The molecule has 0 bridgehead atoms. The van der Waals surface area contributed by atoms with Crippen LogP contribution in [-0.4, -0.2) is 41.5 Å². The molecule has 0 unspecified atom stereocenters. The van der Waals surface area contributed by atoms with Gasteiger partial charge in [0.25, 0.3) is 0 Å². The smallest absolute Gasteiger partial charge is 0.412 e. The number of benzene rings is 1. The van der Waals surface area contributed by atoms with Crippen molar-refractivity contribution in [3.05, 3.63) is 24.0 Å². The van der Waals surface area contributed by atoms with Crippen LogP contribution in [0.1, 0.15) is 46.5 Å². The van der Waals surface area contributed by atoms with Crippen LogP contribution in [0.5, 0.6) is 0 Å². The maximum atomic E-state index is 13.7. The number of halogens is 1. The average Bonchev–Trinajstić information content (AvgIpc) is 3.47. The molecule has 7 nitrogen and oxygen atoms in total. The van der Waals surface area contributed by atoms with E-state index >= 15 is 0 Å². The number of carbonyl (C=O) groups excluding carboxylic acids is 3. The highest BCUT2D eigenvalue weighted by Gasteiger charge is 2.36. The van der Waals surface area contributed by atoms with Crippen molar-refractivity contribution in [1.29, 1.82) is 0 Å². The normalized spacial score (nSPS) is 17.6. The molecule has 1 aliphatic heterocycles. The van der Waals surface area contributed by atoms with Crippen LogP contribution in [0.2, 0.25) is 0 Å². The molecule has 1 aliphatic carbocycles. The van der Waals surface area contributed by atoms with Gasteiger partial charge < -0.3 is 15.0 Å². The Kier molecular flexibility index (Phi) is 6.10. The molecular formula is C21H28FN3O4. The van der Waals surface area contributed by atoms with E-state index in [9.17, 15) is 18.8 Å². The Labute approximate surface area is 170 Å². The summed E-state index contributed by atoms with van der Waals surface area (Å²) >= 11 is 0. The van der Waals surface area contributed by atoms with Crippen molar-refractivity contribution >= 4 is 29.3 Å². The number of hydrogen-bond acceptors (Lipinski definition) is 4. The summed E-state index contributed by atoms with van der Waals surface area (Å²) in [5.74, 6) is -0.677. The molecule has 2 fully saturated rings. The maximum absolute atomic E-state index is 13.7. The third-order valence-electron chi connectivity index (χ3n) is 4.98. The van der Waals surface area contributed by atoms with E-state index in [2.05, 4.69) is 10.6 Å². The third-order valence-corrected chi connectivity index (χ3v) is 4.98. The predicted molar refractivity (Wildman–Crippen MR) is 107 cm³/mol. The molecular weight excluding hydrogens is 377 g/mol. The van der Waals surface area contributed by atoms with E-state index in [1.165, 1.54) is 12.1 Å². The molecule has 1 aromatic rings. The Balaban J connectivity index is 1.60. The van der Waals surface area contributed by atoms with Gasteiger partial charge >= 0.3 is 6.09 Å². The summed E-state index contributed by atoms with van der Waals surface area (Å²) in [4.78, 5) is 38.7. The summed E-state index contributed by atoms with van der Waals surface area (Å²) in [6.45, 7) is 6.32. The molecule has 0 aromatic heterocycles. The van der Waals surface area contributed by atoms with Gasteiger partial charge in [0, 0.05) is 24.9 Å².